The second-order valence-corrected chi connectivity index (χ2v) is 9.79. The van der Waals surface area contributed by atoms with Crippen LogP contribution in [0.1, 0.15) is 30.9 Å². The van der Waals surface area contributed by atoms with Crippen molar-refractivity contribution in [2.75, 3.05) is 19.6 Å². The van der Waals surface area contributed by atoms with E-state index in [0.29, 0.717) is 32.2 Å². The van der Waals surface area contributed by atoms with Gasteiger partial charge in [-0.25, -0.2) is 4.98 Å². The van der Waals surface area contributed by atoms with E-state index in [-0.39, 0.29) is 0 Å². The number of fused-ring (bicyclic) bond motifs is 4. The Bertz CT molecular complexity index is 1320. The first-order chi connectivity index (χ1) is 14.9. The second kappa shape index (κ2) is 8.55. The van der Waals surface area contributed by atoms with Gasteiger partial charge in [0.1, 0.15) is 0 Å². The van der Waals surface area contributed by atoms with E-state index in [0.717, 1.165) is 58.6 Å². The van der Waals surface area contributed by atoms with Crippen molar-refractivity contribution in [3.63, 3.8) is 0 Å². The average Bonchev–Trinajstić information content (AvgIpc) is 2.74. The van der Waals surface area contributed by atoms with Crippen molar-refractivity contribution in [1.29, 1.82) is 0 Å². The number of hydrogen-bond donors (Lipinski definition) is 1. The highest BCUT2D eigenvalue weighted by Gasteiger charge is 2.23. The standard InChI is InChI=1S/C24H20Cl4N2O/c25-14-9-17-22(21(31)12-30-6-2-1-3-7-30)15-5-4-13-8-18(26)19(27)11-16(13)23(15)29-24(17)20(28)10-14/h4-5,8-11,21,31H,1-3,6-7,12H2. The largest absolute Gasteiger partial charge is 0.387 e. The zero-order valence-electron chi connectivity index (χ0n) is 16.6. The highest BCUT2D eigenvalue weighted by molar-refractivity contribution is 6.43. The number of piperidine rings is 1. The molecule has 3 nitrogen and oxygen atoms in total. The van der Waals surface area contributed by atoms with E-state index in [1.807, 2.05) is 30.3 Å². The molecule has 1 N–H and O–H groups in total. The second-order valence-electron chi connectivity index (χ2n) is 8.14. The summed E-state index contributed by atoms with van der Waals surface area (Å²) in [5, 5.41) is 16.8. The molecule has 0 spiro atoms. The molecule has 31 heavy (non-hydrogen) atoms. The molecule has 1 atom stereocenters. The van der Waals surface area contributed by atoms with Crippen molar-refractivity contribution in [1.82, 2.24) is 9.88 Å². The third-order valence-corrected chi connectivity index (χ3v) is 7.31. The lowest BCUT2D eigenvalue weighted by Crippen LogP contribution is -2.33. The molecule has 0 amide bonds. The van der Waals surface area contributed by atoms with E-state index >= 15 is 0 Å². The van der Waals surface area contributed by atoms with Gasteiger partial charge >= 0.3 is 0 Å². The zero-order chi connectivity index (χ0) is 21.7. The van der Waals surface area contributed by atoms with Crippen LogP contribution in [0.2, 0.25) is 20.1 Å². The third kappa shape index (κ3) is 3.97. The molecule has 1 aliphatic heterocycles. The van der Waals surface area contributed by atoms with Crippen LogP contribution >= 0.6 is 46.4 Å². The van der Waals surface area contributed by atoms with Crippen molar-refractivity contribution in [3.05, 3.63) is 62.1 Å². The molecular formula is C24H20Cl4N2O. The fourth-order valence-electron chi connectivity index (χ4n) is 4.62. The normalized spacial score (nSPS) is 16.4. The minimum absolute atomic E-state index is 0.452. The summed E-state index contributed by atoms with van der Waals surface area (Å²) in [5.41, 5.74) is 2.15. The monoisotopic (exact) mass is 492 g/mol. The van der Waals surface area contributed by atoms with Crippen LogP contribution in [0.4, 0.5) is 0 Å². The zero-order valence-corrected chi connectivity index (χ0v) is 19.7. The number of pyridine rings is 1. The van der Waals surface area contributed by atoms with E-state index in [4.69, 9.17) is 51.4 Å². The first-order valence-corrected chi connectivity index (χ1v) is 11.8. The van der Waals surface area contributed by atoms with Gasteiger partial charge in [0, 0.05) is 33.3 Å². The third-order valence-electron chi connectivity index (χ3n) is 6.08. The fraction of sp³-hybridized carbons (Fsp3) is 0.292. The Balaban J connectivity index is 1.80. The summed E-state index contributed by atoms with van der Waals surface area (Å²) in [6.45, 7) is 2.55. The van der Waals surface area contributed by atoms with Crippen molar-refractivity contribution < 1.29 is 5.11 Å². The Labute approximate surface area is 200 Å². The fourth-order valence-corrected chi connectivity index (χ4v) is 5.49. The highest BCUT2D eigenvalue weighted by Crippen LogP contribution is 2.40. The summed E-state index contributed by atoms with van der Waals surface area (Å²) in [5.74, 6) is 0. The van der Waals surface area contributed by atoms with E-state index < -0.39 is 6.10 Å². The molecule has 1 fully saturated rings. The molecule has 3 aromatic carbocycles. The van der Waals surface area contributed by atoms with Crippen LogP contribution in [0, 0.1) is 0 Å². The Hall–Kier alpha value is -1.33. The van der Waals surface area contributed by atoms with Gasteiger partial charge in [0.25, 0.3) is 0 Å². The highest BCUT2D eigenvalue weighted by atomic mass is 35.5. The summed E-state index contributed by atoms with van der Waals surface area (Å²) >= 11 is 25.5. The number of halogens is 4. The first kappa shape index (κ1) is 21.5. The van der Waals surface area contributed by atoms with Crippen molar-refractivity contribution in [2.24, 2.45) is 0 Å². The van der Waals surface area contributed by atoms with Crippen LogP contribution < -0.4 is 0 Å². The van der Waals surface area contributed by atoms with Crippen molar-refractivity contribution in [3.8, 4) is 0 Å². The number of benzene rings is 3. The molecule has 0 radical (unpaired) electrons. The molecule has 1 aromatic heterocycles. The summed E-state index contributed by atoms with van der Waals surface area (Å²) in [6, 6.07) is 11.1. The predicted molar refractivity (Wildman–Crippen MR) is 132 cm³/mol. The number of aliphatic hydroxyl groups excluding tert-OH is 1. The predicted octanol–water partition coefficient (Wildman–Crippen LogP) is 7.67. The molecule has 0 saturated carbocycles. The number of aromatic nitrogens is 1. The van der Waals surface area contributed by atoms with Gasteiger partial charge in [-0.15, -0.1) is 0 Å². The van der Waals surface area contributed by atoms with Crippen LogP contribution in [0.5, 0.6) is 0 Å². The summed E-state index contributed by atoms with van der Waals surface area (Å²) in [7, 11) is 0. The lowest BCUT2D eigenvalue weighted by Gasteiger charge is -2.29. The van der Waals surface area contributed by atoms with E-state index in [9.17, 15) is 5.11 Å². The topological polar surface area (TPSA) is 36.4 Å². The molecule has 1 aliphatic rings. The van der Waals surface area contributed by atoms with Gasteiger partial charge in [-0.1, -0.05) is 65.0 Å². The van der Waals surface area contributed by atoms with Crippen molar-refractivity contribution in [2.45, 2.75) is 25.4 Å². The SMILES string of the molecule is OC(CN1CCCCC1)c1c2cc(Cl)cc(Cl)c2nc2c1ccc1cc(Cl)c(Cl)cc12. The van der Waals surface area contributed by atoms with Gasteiger partial charge in [0.2, 0.25) is 0 Å². The summed E-state index contributed by atoms with van der Waals surface area (Å²) in [6.07, 6.45) is 2.85. The molecule has 7 heteroatoms. The smallest absolute Gasteiger partial charge is 0.0930 e. The van der Waals surface area contributed by atoms with Gasteiger partial charge < -0.3 is 10.0 Å². The Morgan fingerprint density at radius 2 is 1.55 bits per heavy atom. The first-order valence-electron chi connectivity index (χ1n) is 10.3. The minimum atomic E-state index is -0.708. The van der Waals surface area contributed by atoms with Crippen LogP contribution in [0.3, 0.4) is 0 Å². The van der Waals surface area contributed by atoms with Crippen LogP contribution in [0.25, 0.3) is 32.6 Å². The van der Waals surface area contributed by atoms with Crippen LogP contribution in [0.15, 0.2) is 36.4 Å². The van der Waals surface area contributed by atoms with Gasteiger partial charge in [0.05, 0.1) is 32.2 Å². The van der Waals surface area contributed by atoms with Gasteiger partial charge in [-0.2, -0.15) is 0 Å². The van der Waals surface area contributed by atoms with Gasteiger partial charge in [0.15, 0.2) is 0 Å². The number of aliphatic hydroxyl groups is 1. The van der Waals surface area contributed by atoms with E-state index in [1.54, 1.807) is 6.07 Å². The number of nitrogens with zero attached hydrogens (tertiary/aromatic N) is 2. The molecule has 5 rings (SSSR count). The lowest BCUT2D eigenvalue weighted by atomic mass is 9.95. The van der Waals surface area contributed by atoms with Crippen LogP contribution in [-0.2, 0) is 0 Å². The maximum atomic E-state index is 11.4. The Morgan fingerprint density at radius 1 is 0.806 bits per heavy atom. The number of likely N-dealkylation sites (tertiary alicyclic amines) is 1. The maximum absolute atomic E-state index is 11.4. The van der Waals surface area contributed by atoms with E-state index in [2.05, 4.69) is 4.90 Å². The minimum Gasteiger partial charge on any atom is -0.387 e. The molecule has 4 aromatic rings. The molecule has 1 saturated heterocycles. The maximum Gasteiger partial charge on any atom is 0.0930 e. The lowest BCUT2D eigenvalue weighted by molar-refractivity contribution is 0.103. The molecule has 160 valence electrons. The molecule has 0 bridgehead atoms. The molecule has 0 aliphatic carbocycles. The summed E-state index contributed by atoms with van der Waals surface area (Å²) in [4.78, 5) is 7.21. The molecular weight excluding hydrogens is 474 g/mol. The summed E-state index contributed by atoms with van der Waals surface area (Å²) < 4.78 is 0. The van der Waals surface area contributed by atoms with E-state index in [1.165, 1.54) is 6.42 Å². The number of rotatable bonds is 3. The van der Waals surface area contributed by atoms with Crippen LogP contribution in [-0.4, -0.2) is 34.6 Å². The van der Waals surface area contributed by atoms with Gasteiger partial charge in [-0.3, -0.25) is 0 Å². The number of β-amino-alcohol motifs (C(OH)–C–C–N with tert-alkyl or cyclic N) is 1. The Morgan fingerprint density at radius 3 is 2.32 bits per heavy atom. The number of hydrogen-bond acceptors (Lipinski definition) is 3. The molecule has 1 unspecified atom stereocenters. The quantitative estimate of drug-likeness (QED) is 0.235. The van der Waals surface area contributed by atoms with Crippen molar-refractivity contribution >= 4 is 79.0 Å². The Kier molecular flexibility index (Phi) is 5.93. The average molecular weight is 494 g/mol. The molecule has 2 heterocycles. The van der Waals surface area contributed by atoms with Gasteiger partial charge in [-0.05, 0) is 55.6 Å².